The van der Waals surface area contributed by atoms with E-state index in [1.165, 1.54) is 5.06 Å². The molecule has 24 heavy (non-hydrogen) atoms. The minimum Gasteiger partial charge on any atom is -0.339 e. The van der Waals surface area contributed by atoms with Gasteiger partial charge in [-0.2, -0.15) is 5.06 Å². The van der Waals surface area contributed by atoms with E-state index < -0.39 is 11.1 Å². The Morgan fingerprint density at radius 1 is 1.12 bits per heavy atom. The molecule has 0 saturated carbocycles. The van der Waals surface area contributed by atoms with Crippen molar-refractivity contribution in [3.05, 3.63) is 11.6 Å². The van der Waals surface area contributed by atoms with Gasteiger partial charge < -0.3 is 15.4 Å². The van der Waals surface area contributed by atoms with Crippen LogP contribution in [-0.4, -0.2) is 56.3 Å². The Morgan fingerprint density at radius 2 is 1.58 bits per heavy atom. The zero-order valence-electron chi connectivity index (χ0n) is 16.8. The van der Waals surface area contributed by atoms with Crippen LogP contribution in [0.4, 0.5) is 0 Å². The highest BCUT2D eigenvalue weighted by atomic mass is 16.5. The maximum absolute atomic E-state index is 13.2. The normalized spacial score (nSPS) is 28.5. The number of nitrogens with zero attached hydrogens (tertiary/aromatic N) is 2. The van der Waals surface area contributed by atoms with E-state index in [0.29, 0.717) is 5.57 Å². The predicted octanol–water partition coefficient (Wildman–Crippen LogP) is 2.94. The van der Waals surface area contributed by atoms with Crippen LogP contribution in [0.3, 0.4) is 0 Å². The van der Waals surface area contributed by atoms with Crippen LogP contribution in [0, 0.1) is 0 Å². The minimum absolute atomic E-state index is 0.0111. The summed E-state index contributed by atoms with van der Waals surface area (Å²) in [6.45, 7) is 16.4. The minimum atomic E-state index is -0.688. The molecule has 0 bridgehead atoms. The van der Waals surface area contributed by atoms with Gasteiger partial charge >= 0.3 is 0 Å². The smallest absolute Gasteiger partial charge is 0.251 e. The van der Waals surface area contributed by atoms with Crippen LogP contribution in [0.15, 0.2) is 11.6 Å². The number of likely N-dealkylation sites (N-methyl/N-ethyl adjacent to an activating group) is 1. The number of hydrogen-bond donors (Lipinski definition) is 2. The SMILES string of the molecule is CN(C(=O)C1=CC(C)(C)N(O)C1(C)C)C1CC(C)(C)NC(C)(C)C1. The third-order valence-corrected chi connectivity index (χ3v) is 5.50. The fourth-order valence-electron chi connectivity index (χ4n) is 4.65. The predicted molar refractivity (Wildman–Crippen MR) is 97.0 cm³/mol. The number of rotatable bonds is 2. The summed E-state index contributed by atoms with van der Waals surface area (Å²) < 4.78 is 0. The maximum Gasteiger partial charge on any atom is 0.251 e. The van der Waals surface area contributed by atoms with Crippen LogP contribution in [-0.2, 0) is 4.79 Å². The highest BCUT2D eigenvalue weighted by molar-refractivity contribution is 5.96. The van der Waals surface area contributed by atoms with Crippen molar-refractivity contribution in [1.29, 1.82) is 0 Å². The van der Waals surface area contributed by atoms with Gasteiger partial charge in [0, 0.05) is 29.7 Å². The second-order valence-electron chi connectivity index (χ2n) is 9.95. The van der Waals surface area contributed by atoms with Crippen molar-refractivity contribution in [3.8, 4) is 0 Å². The fourth-order valence-corrected chi connectivity index (χ4v) is 4.65. The average molecular weight is 338 g/mol. The summed E-state index contributed by atoms with van der Waals surface area (Å²) in [4.78, 5) is 15.1. The molecule has 0 aromatic rings. The number of carbonyl (C=O) groups is 1. The zero-order valence-corrected chi connectivity index (χ0v) is 16.8. The van der Waals surface area contributed by atoms with E-state index in [2.05, 4.69) is 33.0 Å². The second kappa shape index (κ2) is 5.55. The van der Waals surface area contributed by atoms with E-state index in [9.17, 15) is 10.0 Å². The van der Waals surface area contributed by atoms with Gasteiger partial charge in [0.05, 0.1) is 11.1 Å². The van der Waals surface area contributed by atoms with Crippen LogP contribution >= 0.6 is 0 Å². The van der Waals surface area contributed by atoms with Crippen LogP contribution in [0.25, 0.3) is 0 Å². The van der Waals surface area contributed by atoms with Crippen molar-refractivity contribution >= 4 is 5.91 Å². The highest BCUT2D eigenvalue weighted by Crippen LogP contribution is 2.40. The summed E-state index contributed by atoms with van der Waals surface area (Å²) in [7, 11) is 1.90. The van der Waals surface area contributed by atoms with E-state index in [1.54, 1.807) is 0 Å². The molecule has 1 amide bonds. The molecule has 2 N–H and O–H groups in total. The first-order chi connectivity index (χ1) is 10.6. The van der Waals surface area contributed by atoms with Crippen LogP contribution < -0.4 is 5.32 Å². The largest absolute Gasteiger partial charge is 0.339 e. The zero-order chi connectivity index (χ0) is 18.7. The fraction of sp³-hybridized carbons (Fsp3) is 0.842. The third kappa shape index (κ3) is 3.39. The molecule has 1 fully saturated rings. The molecular weight excluding hydrogens is 302 g/mol. The highest BCUT2D eigenvalue weighted by Gasteiger charge is 2.49. The van der Waals surface area contributed by atoms with Gasteiger partial charge in [-0.3, -0.25) is 4.79 Å². The van der Waals surface area contributed by atoms with Gasteiger partial charge in [-0.1, -0.05) is 6.08 Å². The van der Waals surface area contributed by atoms with Gasteiger partial charge in [-0.25, -0.2) is 0 Å². The summed E-state index contributed by atoms with van der Waals surface area (Å²) in [6, 6.07) is 0.177. The molecule has 0 unspecified atom stereocenters. The topological polar surface area (TPSA) is 55.8 Å². The molecule has 2 aliphatic rings. The van der Waals surface area contributed by atoms with E-state index >= 15 is 0 Å². The number of amides is 1. The number of carbonyl (C=O) groups excluding carboxylic acids is 1. The molecule has 2 rings (SSSR count). The standard InChI is InChI=1S/C19H35N3O2/c1-16(2)10-13(11-17(3,4)20-16)21(9)15(23)14-12-18(5,6)22(24)19(14,7)8/h12-13,20,24H,10-11H2,1-9H3. The summed E-state index contributed by atoms with van der Waals surface area (Å²) in [5.74, 6) is 0.0168. The molecule has 2 aliphatic heterocycles. The Labute approximate surface area is 147 Å². The molecule has 1 saturated heterocycles. The van der Waals surface area contributed by atoms with Gasteiger partial charge in [0.25, 0.3) is 5.91 Å². The summed E-state index contributed by atoms with van der Waals surface area (Å²) in [5, 5.41) is 15.4. The quantitative estimate of drug-likeness (QED) is 0.813. The number of hydroxylamine groups is 2. The van der Waals surface area contributed by atoms with Crippen molar-refractivity contribution < 1.29 is 10.0 Å². The van der Waals surface area contributed by atoms with Crippen molar-refractivity contribution in [3.63, 3.8) is 0 Å². The molecule has 0 aromatic heterocycles. The molecule has 2 heterocycles. The lowest BCUT2D eigenvalue weighted by Crippen LogP contribution is -2.62. The molecular formula is C19H35N3O2. The Kier molecular flexibility index (Phi) is 4.49. The third-order valence-electron chi connectivity index (χ3n) is 5.50. The second-order valence-corrected chi connectivity index (χ2v) is 9.95. The van der Waals surface area contributed by atoms with Gasteiger partial charge in [-0.05, 0) is 68.2 Å². The molecule has 0 atom stereocenters. The Balaban J connectivity index is 2.27. The van der Waals surface area contributed by atoms with Crippen LogP contribution in [0.1, 0.15) is 68.2 Å². The lowest BCUT2D eigenvalue weighted by molar-refractivity contribution is -0.186. The van der Waals surface area contributed by atoms with Gasteiger partial charge in [0.2, 0.25) is 0 Å². The molecule has 0 radical (unpaired) electrons. The molecule has 5 heteroatoms. The summed E-state index contributed by atoms with van der Waals surface area (Å²) in [5.41, 5.74) is -0.577. The maximum atomic E-state index is 13.2. The van der Waals surface area contributed by atoms with Crippen molar-refractivity contribution in [2.75, 3.05) is 7.05 Å². The van der Waals surface area contributed by atoms with Gasteiger partial charge in [-0.15, -0.1) is 0 Å². The molecule has 0 spiro atoms. The molecule has 0 aromatic carbocycles. The van der Waals surface area contributed by atoms with E-state index in [0.717, 1.165) is 12.8 Å². The van der Waals surface area contributed by atoms with Crippen molar-refractivity contribution in [1.82, 2.24) is 15.3 Å². The van der Waals surface area contributed by atoms with Gasteiger partial charge in [0.15, 0.2) is 0 Å². The number of piperidine rings is 1. The van der Waals surface area contributed by atoms with Crippen molar-refractivity contribution in [2.24, 2.45) is 0 Å². The lowest BCUT2D eigenvalue weighted by atomic mass is 9.79. The average Bonchev–Trinajstić information content (AvgIpc) is 2.53. The monoisotopic (exact) mass is 337 g/mol. The molecule has 0 aliphatic carbocycles. The van der Waals surface area contributed by atoms with E-state index in [1.807, 2.05) is 45.7 Å². The molecule has 5 nitrogen and oxygen atoms in total. The first-order valence-corrected chi connectivity index (χ1v) is 8.88. The first-order valence-electron chi connectivity index (χ1n) is 8.88. The Bertz CT molecular complexity index is 545. The number of hydrogen-bond acceptors (Lipinski definition) is 4. The number of nitrogens with one attached hydrogen (secondary N) is 1. The summed E-state index contributed by atoms with van der Waals surface area (Å²) >= 11 is 0. The van der Waals surface area contributed by atoms with Crippen LogP contribution in [0.5, 0.6) is 0 Å². The first kappa shape index (κ1) is 19.4. The van der Waals surface area contributed by atoms with Crippen molar-refractivity contribution in [2.45, 2.75) is 96.4 Å². The van der Waals surface area contributed by atoms with E-state index in [-0.39, 0.29) is 23.0 Å². The van der Waals surface area contributed by atoms with E-state index in [4.69, 9.17) is 0 Å². The lowest BCUT2D eigenvalue weighted by Gasteiger charge is -2.49. The van der Waals surface area contributed by atoms with Crippen LogP contribution in [0.2, 0.25) is 0 Å². The molecule has 138 valence electrons. The Hall–Kier alpha value is -0.910. The summed E-state index contributed by atoms with van der Waals surface area (Å²) in [6.07, 6.45) is 3.74. The van der Waals surface area contributed by atoms with Gasteiger partial charge in [0.1, 0.15) is 0 Å². The Morgan fingerprint density at radius 3 is 1.96 bits per heavy atom.